The molecule has 1 aliphatic carbocycles. The Morgan fingerprint density at radius 3 is 1.86 bits per heavy atom. The van der Waals surface area contributed by atoms with E-state index >= 15 is 0 Å². The average Bonchev–Trinajstić information content (AvgIpc) is 2.72. The third-order valence-corrected chi connectivity index (χ3v) is 6.10. The van der Waals surface area contributed by atoms with Gasteiger partial charge < -0.3 is 4.74 Å². The van der Waals surface area contributed by atoms with E-state index in [4.69, 9.17) is 0 Å². The van der Waals surface area contributed by atoms with E-state index < -0.39 is 70.0 Å². The lowest BCUT2D eigenvalue weighted by Crippen LogP contribution is -2.37. The van der Waals surface area contributed by atoms with Crippen LogP contribution in [0.4, 0.5) is 39.5 Å². The molecule has 1 nitrogen and oxygen atoms in total. The molecule has 0 radical (unpaired) electrons. The summed E-state index contributed by atoms with van der Waals surface area (Å²) < 4.78 is 128. The first-order valence-corrected chi connectivity index (χ1v) is 11.1. The molecule has 0 aliphatic heterocycles. The van der Waals surface area contributed by atoms with Crippen molar-refractivity contribution in [2.45, 2.75) is 57.7 Å². The number of rotatable bonds is 7. The van der Waals surface area contributed by atoms with E-state index in [1.165, 1.54) is 0 Å². The van der Waals surface area contributed by atoms with Gasteiger partial charge in [-0.15, -0.1) is 0 Å². The summed E-state index contributed by atoms with van der Waals surface area (Å²) in [4.78, 5) is 0. The second kappa shape index (κ2) is 10.5. The van der Waals surface area contributed by atoms with Crippen LogP contribution in [0.5, 0.6) is 5.75 Å². The Labute approximate surface area is 196 Å². The summed E-state index contributed by atoms with van der Waals surface area (Å²) in [6, 6.07) is 1.85. The third-order valence-electron chi connectivity index (χ3n) is 6.10. The number of allylic oxidation sites excluding steroid dienone is 1. The van der Waals surface area contributed by atoms with Crippen molar-refractivity contribution in [1.82, 2.24) is 0 Å². The number of alkyl halides is 5. The Balaban J connectivity index is 1.82. The van der Waals surface area contributed by atoms with Gasteiger partial charge in [0.05, 0.1) is 11.5 Å². The summed E-state index contributed by atoms with van der Waals surface area (Å²) >= 11 is 0. The lowest BCUT2D eigenvalue weighted by atomic mass is 9.79. The monoisotopic (exact) mass is 510 g/mol. The van der Waals surface area contributed by atoms with Crippen molar-refractivity contribution in [1.29, 1.82) is 0 Å². The van der Waals surface area contributed by atoms with Crippen LogP contribution in [0.15, 0.2) is 30.3 Å². The maximum atomic E-state index is 14.6. The van der Waals surface area contributed by atoms with E-state index in [1.54, 1.807) is 0 Å². The van der Waals surface area contributed by atoms with Crippen molar-refractivity contribution in [3.8, 4) is 16.9 Å². The molecule has 0 unspecified atom stereocenters. The van der Waals surface area contributed by atoms with Crippen LogP contribution in [-0.2, 0) is 0 Å². The highest BCUT2D eigenvalue weighted by molar-refractivity contribution is 5.68. The summed E-state index contributed by atoms with van der Waals surface area (Å²) in [7, 11) is 0. The van der Waals surface area contributed by atoms with E-state index in [1.807, 2.05) is 6.92 Å². The molecule has 1 saturated carbocycles. The van der Waals surface area contributed by atoms with Gasteiger partial charge in [-0.1, -0.05) is 19.8 Å². The van der Waals surface area contributed by atoms with Crippen LogP contribution < -0.4 is 4.74 Å². The van der Waals surface area contributed by atoms with Crippen LogP contribution in [0.1, 0.15) is 51.0 Å². The van der Waals surface area contributed by atoms with Crippen LogP contribution in [0, 0.1) is 35.1 Å². The molecule has 35 heavy (non-hydrogen) atoms. The number of ether oxygens (including phenoxy) is 1. The van der Waals surface area contributed by atoms with Gasteiger partial charge in [0.2, 0.25) is 0 Å². The molecule has 0 N–H and O–H groups in total. The maximum Gasteiger partial charge on any atom is 0.409 e. The zero-order valence-electron chi connectivity index (χ0n) is 18.7. The van der Waals surface area contributed by atoms with Crippen LogP contribution >= 0.6 is 0 Å². The predicted molar refractivity (Wildman–Crippen MR) is 113 cm³/mol. The van der Waals surface area contributed by atoms with Crippen molar-refractivity contribution in [2.24, 2.45) is 11.8 Å². The molecule has 0 atom stereocenters. The van der Waals surface area contributed by atoms with Gasteiger partial charge >= 0.3 is 12.3 Å². The van der Waals surface area contributed by atoms with Crippen molar-refractivity contribution in [3.63, 3.8) is 0 Å². The van der Waals surface area contributed by atoms with Crippen molar-refractivity contribution >= 4 is 6.08 Å². The molecule has 0 aromatic heterocycles. The predicted octanol–water partition coefficient (Wildman–Crippen LogP) is 9.06. The highest BCUT2D eigenvalue weighted by Crippen LogP contribution is 2.42. The van der Waals surface area contributed by atoms with Gasteiger partial charge in [0.25, 0.3) is 0 Å². The van der Waals surface area contributed by atoms with Crippen molar-refractivity contribution in [3.05, 3.63) is 59.2 Å². The lowest BCUT2D eigenvalue weighted by Gasteiger charge is -2.33. The summed E-state index contributed by atoms with van der Waals surface area (Å²) in [5.74, 6) is -7.41. The first-order valence-electron chi connectivity index (χ1n) is 11.1. The van der Waals surface area contributed by atoms with Crippen LogP contribution in [0.25, 0.3) is 17.2 Å². The topological polar surface area (TPSA) is 9.23 Å². The highest BCUT2D eigenvalue weighted by atomic mass is 19.4. The van der Waals surface area contributed by atoms with Crippen LogP contribution in [-0.4, -0.2) is 12.3 Å². The quantitative estimate of drug-likeness (QED) is 0.338. The van der Waals surface area contributed by atoms with Crippen molar-refractivity contribution in [2.75, 3.05) is 0 Å². The highest BCUT2D eigenvalue weighted by Gasteiger charge is 2.44. The molecule has 1 aliphatic rings. The Morgan fingerprint density at radius 1 is 0.829 bits per heavy atom. The normalized spacial score (nSPS) is 19.4. The smallest absolute Gasteiger partial charge is 0.409 e. The molecular formula is C25H23F9O. The molecule has 0 bridgehead atoms. The Hall–Kier alpha value is -2.65. The minimum absolute atomic E-state index is 0.149. The standard InChI is InChI=1S/C25H23F9O/c1-2-3-14-4-6-16(7-5-14)25(33,34)35-17-12-21(28)23(22(29)13-17)15-10-19(26)18(20(27)11-15)8-9-24(30,31)32/h8-14,16H,2-7H2,1H3/b9-8+. The van der Waals surface area contributed by atoms with Crippen LogP contribution in [0.3, 0.4) is 0 Å². The van der Waals surface area contributed by atoms with Crippen molar-refractivity contribution < 1.29 is 44.3 Å². The Morgan fingerprint density at radius 2 is 1.37 bits per heavy atom. The molecule has 10 heteroatoms. The van der Waals surface area contributed by atoms with E-state index in [2.05, 4.69) is 4.74 Å². The number of benzene rings is 2. The van der Waals surface area contributed by atoms with Gasteiger partial charge in [0, 0.05) is 23.8 Å². The second-order valence-electron chi connectivity index (χ2n) is 8.66. The van der Waals surface area contributed by atoms with Gasteiger partial charge in [-0.25, -0.2) is 17.6 Å². The molecule has 2 aromatic carbocycles. The maximum absolute atomic E-state index is 14.6. The minimum atomic E-state index is -4.83. The Kier molecular flexibility index (Phi) is 8.11. The average molecular weight is 510 g/mol. The third kappa shape index (κ3) is 6.73. The molecule has 0 amide bonds. The van der Waals surface area contributed by atoms with Gasteiger partial charge in [-0.2, -0.15) is 22.0 Å². The van der Waals surface area contributed by atoms with Gasteiger partial charge in [-0.05, 0) is 55.4 Å². The molecule has 3 rings (SSSR count). The van der Waals surface area contributed by atoms with Crippen LogP contribution in [0.2, 0.25) is 0 Å². The van der Waals surface area contributed by atoms with Gasteiger partial charge in [0.15, 0.2) is 0 Å². The summed E-state index contributed by atoms with van der Waals surface area (Å²) in [6.07, 6.45) is -5.25. The van der Waals surface area contributed by atoms with Gasteiger partial charge in [-0.3, -0.25) is 0 Å². The molecule has 2 aromatic rings. The molecule has 0 spiro atoms. The molecule has 192 valence electrons. The fourth-order valence-electron chi connectivity index (χ4n) is 4.39. The largest absolute Gasteiger partial charge is 0.432 e. The van der Waals surface area contributed by atoms with Gasteiger partial charge in [0.1, 0.15) is 29.0 Å². The number of hydrogen-bond acceptors (Lipinski definition) is 1. The fourth-order valence-corrected chi connectivity index (χ4v) is 4.39. The SMILES string of the molecule is CCCC1CCC(C(F)(F)Oc2cc(F)c(-c3cc(F)c(/C=C/C(F)(F)F)c(F)c3)c(F)c2)CC1. The number of hydrogen-bond donors (Lipinski definition) is 0. The number of halogens is 9. The lowest BCUT2D eigenvalue weighted by molar-refractivity contribution is -0.223. The zero-order valence-corrected chi connectivity index (χ0v) is 18.7. The van der Waals surface area contributed by atoms with E-state index in [0.717, 1.165) is 12.8 Å². The first kappa shape index (κ1) is 26.9. The summed E-state index contributed by atoms with van der Waals surface area (Å²) in [5.41, 5.74) is -2.66. The van der Waals surface area contributed by atoms with E-state index in [0.29, 0.717) is 43.0 Å². The van der Waals surface area contributed by atoms with E-state index in [-0.39, 0.29) is 18.9 Å². The summed E-state index contributed by atoms with van der Waals surface area (Å²) in [5, 5.41) is 0. The molecule has 0 saturated heterocycles. The second-order valence-corrected chi connectivity index (χ2v) is 8.66. The molecule has 0 heterocycles. The molecular weight excluding hydrogens is 487 g/mol. The summed E-state index contributed by atoms with van der Waals surface area (Å²) in [6.45, 7) is 2.01. The minimum Gasteiger partial charge on any atom is -0.432 e. The first-order chi connectivity index (χ1) is 16.3. The fraction of sp³-hybridized carbons (Fsp3) is 0.440. The molecule has 1 fully saturated rings. The Bertz CT molecular complexity index is 1020. The zero-order chi connectivity index (χ0) is 26.0. The van der Waals surface area contributed by atoms with E-state index in [9.17, 15) is 39.5 Å².